The number of halogens is 1. The molecule has 1 amide bonds. The monoisotopic (exact) mass is 392 g/mol. The molecule has 4 rings (SSSR count). The molecule has 1 unspecified atom stereocenters. The van der Waals surface area contributed by atoms with E-state index in [1.165, 1.54) is 0 Å². The average molecular weight is 393 g/mol. The maximum absolute atomic E-state index is 12.3. The lowest BCUT2D eigenvalue weighted by Gasteiger charge is -2.39. The van der Waals surface area contributed by atoms with Crippen LogP contribution in [-0.4, -0.2) is 57.6 Å². The highest BCUT2D eigenvalue weighted by Crippen LogP contribution is 2.45. The Balaban J connectivity index is 1.44. The maximum atomic E-state index is 12.3. The van der Waals surface area contributed by atoms with Crippen LogP contribution in [0.4, 0.5) is 0 Å². The number of carbonyl (C=O) groups excluding carboxylic acids is 1. The fraction of sp³-hybridized carbons (Fsp3) is 0.600. The van der Waals surface area contributed by atoms with E-state index in [4.69, 9.17) is 11.6 Å². The predicted molar refractivity (Wildman–Crippen MR) is 101 cm³/mol. The number of carboxylic acids is 1. The second-order valence-corrected chi connectivity index (χ2v) is 8.76. The minimum Gasteiger partial charge on any atom is -0.506 e. The zero-order valence-corrected chi connectivity index (χ0v) is 16.0. The van der Waals surface area contributed by atoms with E-state index in [9.17, 15) is 19.8 Å². The molecule has 1 aliphatic carbocycles. The molecule has 3 aliphatic rings. The number of aromatic hydroxyl groups is 1. The van der Waals surface area contributed by atoms with Gasteiger partial charge in [0.25, 0.3) is 0 Å². The van der Waals surface area contributed by atoms with Crippen LogP contribution in [0, 0.1) is 11.3 Å². The van der Waals surface area contributed by atoms with Gasteiger partial charge in [0.1, 0.15) is 11.8 Å². The second kappa shape index (κ2) is 6.99. The molecular weight excluding hydrogens is 368 g/mol. The number of amides is 1. The molecule has 0 bridgehead atoms. The summed E-state index contributed by atoms with van der Waals surface area (Å²) >= 11 is 5.99. The van der Waals surface area contributed by atoms with E-state index >= 15 is 0 Å². The average Bonchev–Trinajstić information content (AvgIpc) is 3.42. The van der Waals surface area contributed by atoms with Gasteiger partial charge in [-0.25, -0.2) is 0 Å². The smallest absolute Gasteiger partial charge is 0.320 e. The number of carboxylic acid groups (broad SMARTS) is 1. The van der Waals surface area contributed by atoms with Crippen LogP contribution in [0.25, 0.3) is 0 Å². The summed E-state index contributed by atoms with van der Waals surface area (Å²) in [7, 11) is 0. The molecule has 146 valence electrons. The third-order valence-corrected chi connectivity index (χ3v) is 6.65. The van der Waals surface area contributed by atoms with Crippen molar-refractivity contribution in [1.82, 2.24) is 9.80 Å². The van der Waals surface area contributed by atoms with Gasteiger partial charge in [0.2, 0.25) is 5.91 Å². The van der Waals surface area contributed by atoms with Crippen LogP contribution in [-0.2, 0) is 16.1 Å². The zero-order chi connectivity index (χ0) is 19.2. The molecule has 1 saturated carbocycles. The van der Waals surface area contributed by atoms with Crippen molar-refractivity contribution < 1.29 is 19.8 Å². The van der Waals surface area contributed by atoms with E-state index in [1.807, 2.05) is 9.80 Å². The lowest BCUT2D eigenvalue weighted by molar-refractivity contribution is -0.142. The lowest BCUT2D eigenvalue weighted by atomic mass is 9.76. The van der Waals surface area contributed by atoms with E-state index in [0.717, 1.165) is 44.3 Å². The number of benzene rings is 1. The first-order chi connectivity index (χ1) is 12.9. The Morgan fingerprint density at radius 3 is 2.52 bits per heavy atom. The van der Waals surface area contributed by atoms with Gasteiger partial charge < -0.3 is 15.1 Å². The summed E-state index contributed by atoms with van der Waals surface area (Å²) in [4.78, 5) is 28.1. The Morgan fingerprint density at radius 1 is 1.22 bits per heavy atom. The van der Waals surface area contributed by atoms with Crippen LogP contribution in [0.5, 0.6) is 5.75 Å². The van der Waals surface area contributed by atoms with Gasteiger partial charge in [0.15, 0.2) is 0 Å². The van der Waals surface area contributed by atoms with E-state index in [2.05, 4.69) is 0 Å². The Labute approximate surface area is 163 Å². The van der Waals surface area contributed by atoms with E-state index in [-0.39, 0.29) is 28.0 Å². The third kappa shape index (κ3) is 3.78. The number of phenolic OH excluding ortho intramolecular Hbond substituents is 1. The molecule has 2 saturated heterocycles. The largest absolute Gasteiger partial charge is 0.506 e. The lowest BCUT2D eigenvalue weighted by Crippen LogP contribution is -2.44. The molecule has 1 spiro atoms. The van der Waals surface area contributed by atoms with Crippen molar-refractivity contribution in [2.24, 2.45) is 11.3 Å². The summed E-state index contributed by atoms with van der Waals surface area (Å²) in [6, 6.07) is 4.49. The topological polar surface area (TPSA) is 81.1 Å². The Bertz CT molecular complexity index is 756. The fourth-order valence-electron chi connectivity index (χ4n) is 4.59. The zero-order valence-electron chi connectivity index (χ0n) is 15.2. The molecule has 0 aromatic heterocycles. The number of rotatable bonds is 4. The van der Waals surface area contributed by atoms with Crippen molar-refractivity contribution in [1.29, 1.82) is 0 Å². The van der Waals surface area contributed by atoms with Gasteiger partial charge in [-0.3, -0.25) is 14.5 Å². The first kappa shape index (κ1) is 18.6. The second-order valence-electron chi connectivity index (χ2n) is 8.35. The molecule has 2 N–H and O–H groups in total. The van der Waals surface area contributed by atoms with Gasteiger partial charge in [-0.05, 0) is 55.2 Å². The van der Waals surface area contributed by atoms with Crippen LogP contribution in [0.3, 0.4) is 0 Å². The molecule has 2 aliphatic heterocycles. The fourth-order valence-corrected chi connectivity index (χ4v) is 4.79. The Kier molecular flexibility index (Phi) is 4.80. The van der Waals surface area contributed by atoms with Crippen molar-refractivity contribution in [3.8, 4) is 5.75 Å². The van der Waals surface area contributed by atoms with Crippen molar-refractivity contribution in [2.75, 3.05) is 19.6 Å². The van der Waals surface area contributed by atoms with Gasteiger partial charge in [0, 0.05) is 32.1 Å². The van der Waals surface area contributed by atoms with Crippen LogP contribution in [0.2, 0.25) is 5.02 Å². The summed E-state index contributed by atoms with van der Waals surface area (Å²) in [5.41, 5.74) is 0.854. The van der Waals surface area contributed by atoms with Crippen molar-refractivity contribution in [3.63, 3.8) is 0 Å². The summed E-state index contributed by atoms with van der Waals surface area (Å²) in [6.45, 7) is 2.68. The molecule has 1 aromatic carbocycles. The standard InChI is InChI=1S/C20H25ClN2O4/c21-15-9-13(1-4-17(15)24)11-23-12-20(10-16(23)19(26)27)5-7-22(8-6-20)18(25)14-2-3-14/h1,4,9,14,16,24H,2-3,5-8,10-12H2,(H,26,27). The summed E-state index contributed by atoms with van der Waals surface area (Å²) < 4.78 is 0. The van der Waals surface area contributed by atoms with Gasteiger partial charge in [-0.2, -0.15) is 0 Å². The van der Waals surface area contributed by atoms with Crippen LogP contribution < -0.4 is 0 Å². The first-order valence-electron chi connectivity index (χ1n) is 9.60. The number of likely N-dealkylation sites (tertiary alicyclic amines) is 2. The quantitative estimate of drug-likeness (QED) is 0.823. The highest BCUT2D eigenvalue weighted by molar-refractivity contribution is 6.32. The summed E-state index contributed by atoms with van der Waals surface area (Å²) in [6.07, 6.45) is 4.39. The number of carbonyl (C=O) groups is 2. The molecule has 2 heterocycles. The highest BCUT2D eigenvalue weighted by Gasteiger charge is 2.49. The molecule has 7 heteroatoms. The SMILES string of the molecule is O=C(O)C1CC2(CCN(C(=O)C3CC3)CC2)CN1Cc1ccc(O)c(Cl)c1. The molecule has 27 heavy (non-hydrogen) atoms. The summed E-state index contributed by atoms with van der Waals surface area (Å²) in [5.74, 6) is -0.243. The summed E-state index contributed by atoms with van der Waals surface area (Å²) in [5, 5.41) is 19.6. The normalized spacial score (nSPS) is 25.1. The molecular formula is C20H25ClN2O4. The Hall–Kier alpha value is -1.79. The van der Waals surface area contributed by atoms with Gasteiger partial charge >= 0.3 is 5.97 Å². The molecule has 1 aromatic rings. The number of piperidine rings is 1. The van der Waals surface area contributed by atoms with E-state index < -0.39 is 12.0 Å². The molecule has 3 fully saturated rings. The van der Waals surface area contributed by atoms with Crippen LogP contribution in [0.15, 0.2) is 18.2 Å². The van der Waals surface area contributed by atoms with E-state index in [1.54, 1.807) is 18.2 Å². The van der Waals surface area contributed by atoms with Gasteiger partial charge in [0.05, 0.1) is 5.02 Å². The predicted octanol–water partition coefficient (Wildman–Crippen LogP) is 2.72. The van der Waals surface area contributed by atoms with Crippen molar-refractivity contribution >= 4 is 23.5 Å². The minimum atomic E-state index is -0.798. The Morgan fingerprint density at radius 2 is 1.93 bits per heavy atom. The molecule has 0 radical (unpaired) electrons. The van der Waals surface area contributed by atoms with Gasteiger partial charge in [-0.1, -0.05) is 17.7 Å². The maximum Gasteiger partial charge on any atom is 0.320 e. The number of hydrogen-bond acceptors (Lipinski definition) is 4. The number of nitrogens with zero attached hydrogens (tertiary/aromatic N) is 2. The molecule has 6 nitrogen and oxygen atoms in total. The number of aliphatic carboxylic acids is 1. The van der Waals surface area contributed by atoms with Gasteiger partial charge in [-0.15, -0.1) is 0 Å². The van der Waals surface area contributed by atoms with Crippen molar-refractivity contribution in [3.05, 3.63) is 28.8 Å². The highest BCUT2D eigenvalue weighted by atomic mass is 35.5. The third-order valence-electron chi connectivity index (χ3n) is 6.35. The first-order valence-corrected chi connectivity index (χ1v) is 9.98. The van der Waals surface area contributed by atoms with Crippen LogP contribution >= 0.6 is 11.6 Å². The van der Waals surface area contributed by atoms with Crippen LogP contribution in [0.1, 0.15) is 37.7 Å². The van der Waals surface area contributed by atoms with E-state index in [0.29, 0.717) is 19.5 Å². The van der Waals surface area contributed by atoms with Crippen molar-refractivity contribution in [2.45, 2.75) is 44.7 Å². The number of phenols is 1. The minimum absolute atomic E-state index is 0.0285. The molecule has 1 atom stereocenters. The number of hydrogen-bond donors (Lipinski definition) is 2.